The van der Waals surface area contributed by atoms with E-state index < -0.39 is 0 Å². The van der Waals surface area contributed by atoms with E-state index in [9.17, 15) is 9.59 Å². The van der Waals surface area contributed by atoms with Crippen molar-refractivity contribution in [3.63, 3.8) is 0 Å². The molecule has 20 heavy (non-hydrogen) atoms. The van der Waals surface area contributed by atoms with Crippen molar-refractivity contribution in [2.45, 2.75) is 0 Å². The average Bonchev–Trinajstić information content (AvgIpc) is 3.08. The van der Waals surface area contributed by atoms with Crippen LogP contribution in [0.5, 0.6) is 11.5 Å². The van der Waals surface area contributed by atoms with Crippen molar-refractivity contribution < 1.29 is 19.1 Å². The number of fused-ring (bicyclic) bond motifs is 2. The maximum absolute atomic E-state index is 11.7. The standard InChI is InChI=1S/C14H7NO4S/c16-8-2-3-9(17)13-12(8)15-14(20-13)7-1-4-10-11(5-7)19-6-18-10/h1-5H,6H2. The van der Waals surface area contributed by atoms with E-state index in [1.807, 2.05) is 6.07 Å². The van der Waals surface area contributed by atoms with Gasteiger partial charge in [-0.1, -0.05) is 0 Å². The highest BCUT2D eigenvalue weighted by Gasteiger charge is 2.25. The number of benzene rings is 1. The van der Waals surface area contributed by atoms with E-state index in [1.165, 1.54) is 23.5 Å². The summed E-state index contributed by atoms with van der Waals surface area (Å²) in [6.45, 7) is 0.202. The number of carbonyl (C=O) groups is 2. The summed E-state index contributed by atoms with van der Waals surface area (Å²) in [5.41, 5.74) is 1.03. The minimum absolute atomic E-state index is 0.177. The third-order valence-corrected chi connectivity index (χ3v) is 4.21. The molecule has 6 heteroatoms. The number of ether oxygens (including phenoxy) is 2. The van der Waals surface area contributed by atoms with Gasteiger partial charge in [0, 0.05) is 5.56 Å². The van der Waals surface area contributed by atoms with E-state index in [2.05, 4.69) is 4.98 Å². The van der Waals surface area contributed by atoms with Gasteiger partial charge < -0.3 is 9.47 Å². The van der Waals surface area contributed by atoms with E-state index in [-0.39, 0.29) is 24.1 Å². The van der Waals surface area contributed by atoms with Crippen molar-refractivity contribution in [1.82, 2.24) is 4.98 Å². The van der Waals surface area contributed by atoms with Gasteiger partial charge in [-0.2, -0.15) is 0 Å². The zero-order chi connectivity index (χ0) is 13.7. The molecule has 2 aliphatic rings. The van der Waals surface area contributed by atoms with Gasteiger partial charge in [-0.3, -0.25) is 9.59 Å². The van der Waals surface area contributed by atoms with Crippen molar-refractivity contribution in [3.8, 4) is 22.1 Å². The van der Waals surface area contributed by atoms with Gasteiger partial charge in [-0.25, -0.2) is 4.98 Å². The molecule has 0 saturated carbocycles. The minimum atomic E-state index is -0.233. The number of thiazole rings is 1. The van der Waals surface area contributed by atoms with Crippen LogP contribution in [0.4, 0.5) is 0 Å². The SMILES string of the molecule is O=C1C=CC(=O)c2sc(-c3ccc4c(c3)OCO4)nc21. The Morgan fingerprint density at radius 3 is 2.70 bits per heavy atom. The highest BCUT2D eigenvalue weighted by Crippen LogP contribution is 2.38. The van der Waals surface area contributed by atoms with Crippen molar-refractivity contribution >= 4 is 22.9 Å². The molecular formula is C14H7NO4S. The largest absolute Gasteiger partial charge is 0.454 e. The lowest BCUT2D eigenvalue weighted by Crippen LogP contribution is -2.08. The summed E-state index contributed by atoms with van der Waals surface area (Å²) in [6, 6.07) is 5.43. The second-order valence-corrected chi connectivity index (χ2v) is 5.33. The summed E-state index contributed by atoms with van der Waals surface area (Å²) < 4.78 is 10.6. The lowest BCUT2D eigenvalue weighted by Gasteiger charge is -1.98. The predicted octanol–water partition coefficient (Wildman–Crippen LogP) is 2.47. The topological polar surface area (TPSA) is 65.5 Å². The summed E-state index contributed by atoms with van der Waals surface area (Å²) in [6.07, 6.45) is 2.54. The number of hydrogen-bond donors (Lipinski definition) is 0. The molecule has 0 amide bonds. The second kappa shape index (κ2) is 4.01. The Morgan fingerprint density at radius 1 is 1.05 bits per heavy atom. The molecule has 1 aliphatic carbocycles. The number of hydrogen-bond acceptors (Lipinski definition) is 6. The van der Waals surface area contributed by atoms with Crippen LogP contribution in [-0.2, 0) is 0 Å². The van der Waals surface area contributed by atoms with Gasteiger partial charge in [0.1, 0.15) is 15.6 Å². The smallest absolute Gasteiger partial charge is 0.231 e. The zero-order valence-corrected chi connectivity index (χ0v) is 10.9. The molecule has 1 aromatic carbocycles. The fourth-order valence-corrected chi connectivity index (χ4v) is 3.10. The molecule has 0 N–H and O–H groups in total. The van der Waals surface area contributed by atoms with Crippen molar-refractivity contribution in [2.24, 2.45) is 0 Å². The highest BCUT2D eigenvalue weighted by atomic mass is 32.1. The van der Waals surface area contributed by atoms with Crippen molar-refractivity contribution in [2.75, 3.05) is 6.79 Å². The zero-order valence-electron chi connectivity index (χ0n) is 10.1. The molecule has 2 heterocycles. The van der Waals surface area contributed by atoms with Gasteiger partial charge >= 0.3 is 0 Å². The van der Waals surface area contributed by atoms with Crippen LogP contribution in [0.3, 0.4) is 0 Å². The van der Waals surface area contributed by atoms with Crippen molar-refractivity contribution in [1.29, 1.82) is 0 Å². The van der Waals surface area contributed by atoms with E-state index in [0.717, 1.165) is 5.56 Å². The van der Waals surface area contributed by atoms with E-state index in [1.54, 1.807) is 12.1 Å². The van der Waals surface area contributed by atoms with E-state index >= 15 is 0 Å². The first kappa shape index (κ1) is 11.4. The van der Waals surface area contributed by atoms with Gasteiger partial charge in [0.15, 0.2) is 17.3 Å². The first-order chi connectivity index (χ1) is 9.72. The van der Waals surface area contributed by atoms with Crippen LogP contribution < -0.4 is 9.47 Å². The van der Waals surface area contributed by atoms with Crippen LogP contribution in [0.2, 0.25) is 0 Å². The molecule has 0 radical (unpaired) electrons. The molecule has 0 bridgehead atoms. The van der Waals surface area contributed by atoms with Gasteiger partial charge in [-0.05, 0) is 30.4 Å². The quantitative estimate of drug-likeness (QED) is 0.805. The first-order valence-electron chi connectivity index (χ1n) is 5.90. The monoisotopic (exact) mass is 285 g/mol. The highest BCUT2D eigenvalue weighted by molar-refractivity contribution is 7.17. The molecule has 5 nitrogen and oxygen atoms in total. The van der Waals surface area contributed by atoms with Crippen LogP contribution in [0, 0.1) is 0 Å². The minimum Gasteiger partial charge on any atom is -0.454 e. The van der Waals surface area contributed by atoms with E-state index in [0.29, 0.717) is 21.4 Å². The van der Waals surface area contributed by atoms with Crippen LogP contribution in [-0.4, -0.2) is 23.3 Å². The van der Waals surface area contributed by atoms with E-state index in [4.69, 9.17) is 9.47 Å². The maximum atomic E-state index is 11.7. The number of carbonyl (C=O) groups excluding carboxylic acids is 2. The molecule has 0 fully saturated rings. The Morgan fingerprint density at radius 2 is 1.85 bits per heavy atom. The lowest BCUT2D eigenvalue weighted by atomic mass is 10.1. The Bertz CT molecular complexity index is 755. The van der Waals surface area contributed by atoms with Crippen LogP contribution >= 0.6 is 11.3 Å². The molecule has 98 valence electrons. The maximum Gasteiger partial charge on any atom is 0.231 e. The Kier molecular flexibility index (Phi) is 2.28. The molecule has 2 aromatic rings. The third kappa shape index (κ3) is 1.58. The summed E-state index contributed by atoms with van der Waals surface area (Å²) in [4.78, 5) is 28.1. The predicted molar refractivity (Wildman–Crippen MR) is 71.5 cm³/mol. The van der Waals surface area contributed by atoms with Gasteiger partial charge in [-0.15, -0.1) is 11.3 Å². The summed E-state index contributed by atoms with van der Waals surface area (Å²) in [5, 5.41) is 0.624. The van der Waals surface area contributed by atoms with Gasteiger partial charge in [0.05, 0.1) is 0 Å². The van der Waals surface area contributed by atoms with Crippen molar-refractivity contribution in [3.05, 3.63) is 40.9 Å². The first-order valence-corrected chi connectivity index (χ1v) is 6.71. The number of ketones is 2. The summed E-state index contributed by atoms with van der Waals surface area (Å²) in [7, 11) is 0. The Hall–Kier alpha value is -2.47. The third-order valence-electron chi connectivity index (χ3n) is 3.09. The molecule has 1 aromatic heterocycles. The number of aromatic nitrogens is 1. The summed E-state index contributed by atoms with van der Waals surface area (Å²) >= 11 is 1.22. The van der Waals surface area contributed by atoms with Crippen LogP contribution in [0.25, 0.3) is 10.6 Å². The number of nitrogens with zero attached hydrogens (tertiary/aromatic N) is 1. The molecule has 4 rings (SSSR count). The normalized spacial score (nSPS) is 15.6. The van der Waals surface area contributed by atoms with Gasteiger partial charge in [0.2, 0.25) is 12.6 Å². The molecule has 0 atom stereocenters. The molecule has 0 unspecified atom stereocenters. The lowest BCUT2D eigenvalue weighted by molar-refractivity contribution is 0.0994. The molecule has 0 spiro atoms. The molecular weight excluding hydrogens is 278 g/mol. The Labute approximate surface area is 117 Å². The molecule has 1 aliphatic heterocycles. The average molecular weight is 285 g/mol. The van der Waals surface area contributed by atoms with Gasteiger partial charge in [0.25, 0.3) is 0 Å². The fourth-order valence-electron chi connectivity index (χ4n) is 2.11. The summed E-state index contributed by atoms with van der Waals surface area (Å²) in [5.74, 6) is 0.919. The number of rotatable bonds is 1. The second-order valence-electron chi connectivity index (χ2n) is 4.33. The number of allylic oxidation sites excluding steroid dienone is 2. The Balaban J connectivity index is 1.82. The van der Waals surface area contributed by atoms with Crippen LogP contribution in [0.15, 0.2) is 30.4 Å². The molecule has 0 saturated heterocycles. The van der Waals surface area contributed by atoms with Crippen LogP contribution in [0.1, 0.15) is 20.2 Å². The fraction of sp³-hybridized carbons (Fsp3) is 0.0714.